The van der Waals surface area contributed by atoms with Crippen molar-refractivity contribution in [3.05, 3.63) is 40.0 Å². The lowest BCUT2D eigenvalue weighted by Crippen LogP contribution is -2.28. The third kappa shape index (κ3) is 4.27. The van der Waals surface area contributed by atoms with Crippen LogP contribution in [0.2, 0.25) is 10.0 Å². The van der Waals surface area contributed by atoms with E-state index < -0.39 is 24.4 Å². The van der Waals surface area contributed by atoms with E-state index in [1.165, 1.54) is 25.2 Å². The molecule has 0 saturated heterocycles. The van der Waals surface area contributed by atoms with Crippen LogP contribution in [0.4, 0.5) is 19.1 Å². The molecule has 2 rings (SSSR count). The molecule has 24 heavy (non-hydrogen) atoms. The number of hydrogen-bond donors (Lipinski definition) is 1. The Balaban J connectivity index is 2.58. The quantitative estimate of drug-likeness (QED) is 0.869. The van der Waals surface area contributed by atoms with Gasteiger partial charge < -0.3 is 10.0 Å². The topological polar surface area (TPSA) is 66.3 Å². The van der Waals surface area contributed by atoms with E-state index in [9.17, 15) is 18.0 Å². The van der Waals surface area contributed by atoms with Crippen LogP contribution in [0.5, 0.6) is 0 Å². The summed E-state index contributed by atoms with van der Waals surface area (Å²) in [6.45, 7) is -0.553. The number of aromatic nitrogens is 2. The zero-order chi connectivity index (χ0) is 18.1. The Kier molecular flexibility index (Phi) is 5.19. The molecule has 0 aliphatic rings. The summed E-state index contributed by atoms with van der Waals surface area (Å²) in [6, 6.07) is 5.01. The SMILES string of the molecule is CN(CC(=O)O)c1nc(-c2ccc(Cl)c(Cl)c2)cc(C(F)(F)F)n1. The Labute approximate surface area is 144 Å². The van der Waals surface area contributed by atoms with Crippen LogP contribution < -0.4 is 4.90 Å². The predicted octanol–water partition coefficient (Wildman–Crippen LogP) is 3.99. The van der Waals surface area contributed by atoms with Crippen LogP contribution in [0.15, 0.2) is 24.3 Å². The van der Waals surface area contributed by atoms with Crippen LogP contribution in [-0.2, 0) is 11.0 Å². The summed E-state index contributed by atoms with van der Waals surface area (Å²) < 4.78 is 39.2. The molecule has 2 aromatic rings. The lowest BCUT2D eigenvalue weighted by Gasteiger charge is -2.17. The van der Waals surface area contributed by atoms with E-state index in [4.69, 9.17) is 28.3 Å². The highest BCUT2D eigenvalue weighted by Gasteiger charge is 2.34. The zero-order valence-electron chi connectivity index (χ0n) is 12.1. The van der Waals surface area contributed by atoms with Crippen LogP contribution >= 0.6 is 23.2 Å². The number of aliphatic carboxylic acids is 1. The molecule has 1 heterocycles. The largest absolute Gasteiger partial charge is 0.480 e. The van der Waals surface area contributed by atoms with Gasteiger partial charge in [0.15, 0.2) is 5.69 Å². The summed E-state index contributed by atoms with van der Waals surface area (Å²) in [6.07, 6.45) is -4.72. The molecule has 128 valence electrons. The first-order valence-corrected chi connectivity index (χ1v) is 7.18. The third-order valence-corrected chi connectivity index (χ3v) is 3.67. The Morgan fingerprint density at radius 3 is 2.42 bits per heavy atom. The van der Waals surface area contributed by atoms with Crippen molar-refractivity contribution in [2.75, 3.05) is 18.5 Å². The maximum Gasteiger partial charge on any atom is 0.433 e. The number of halogens is 5. The predicted molar refractivity (Wildman–Crippen MR) is 83.4 cm³/mol. The minimum Gasteiger partial charge on any atom is -0.480 e. The number of hydrogen-bond acceptors (Lipinski definition) is 4. The molecule has 1 N–H and O–H groups in total. The maximum absolute atomic E-state index is 13.1. The smallest absolute Gasteiger partial charge is 0.433 e. The van der Waals surface area contributed by atoms with E-state index in [0.717, 1.165) is 11.0 Å². The Morgan fingerprint density at radius 1 is 1.21 bits per heavy atom. The summed E-state index contributed by atoms with van der Waals surface area (Å²) in [5.74, 6) is -1.59. The highest BCUT2D eigenvalue weighted by molar-refractivity contribution is 6.42. The van der Waals surface area contributed by atoms with Crippen molar-refractivity contribution in [2.24, 2.45) is 0 Å². The molecule has 0 aliphatic carbocycles. The van der Waals surface area contributed by atoms with Crippen molar-refractivity contribution >= 4 is 35.1 Å². The molecule has 0 radical (unpaired) electrons. The molecule has 0 unspecified atom stereocenters. The second-order valence-corrected chi connectivity index (χ2v) is 5.63. The number of rotatable bonds is 4. The van der Waals surface area contributed by atoms with Gasteiger partial charge in [0, 0.05) is 12.6 Å². The van der Waals surface area contributed by atoms with Gasteiger partial charge in [0.25, 0.3) is 0 Å². The average Bonchev–Trinajstić information content (AvgIpc) is 2.48. The van der Waals surface area contributed by atoms with Crippen molar-refractivity contribution in [1.82, 2.24) is 9.97 Å². The van der Waals surface area contributed by atoms with Crippen molar-refractivity contribution in [3.8, 4) is 11.3 Å². The van der Waals surface area contributed by atoms with Gasteiger partial charge in [-0.25, -0.2) is 9.97 Å². The molecule has 10 heteroatoms. The molecule has 0 fully saturated rings. The van der Waals surface area contributed by atoms with Crippen LogP contribution in [-0.4, -0.2) is 34.6 Å². The molecular weight excluding hydrogens is 370 g/mol. The molecule has 0 atom stereocenters. The molecule has 0 aliphatic heterocycles. The van der Waals surface area contributed by atoms with E-state index in [1.54, 1.807) is 0 Å². The molecule has 0 amide bonds. The van der Waals surface area contributed by atoms with Crippen LogP contribution in [0.25, 0.3) is 11.3 Å². The first kappa shape index (κ1) is 18.3. The number of nitrogens with zero attached hydrogens (tertiary/aromatic N) is 3. The second kappa shape index (κ2) is 6.82. The van der Waals surface area contributed by atoms with Gasteiger partial charge in [0.2, 0.25) is 5.95 Å². The van der Waals surface area contributed by atoms with Gasteiger partial charge in [-0.1, -0.05) is 29.3 Å². The standard InChI is InChI=1S/C14H10Cl2F3N3O2/c1-22(6-12(23)24)13-20-10(5-11(21-13)14(17,18)19)7-2-3-8(15)9(16)4-7/h2-5H,6H2,1H3,(H,23,24). The molecule has 0 spiro atoms. The summed E-state index contributed by atoms with van der Waals surface area (Å²) >= 11 is 11.7. The molecule has 0 bridgehead atoms. The monoisotopic (exact) mass is 379 g/mol. The normalized spacial score (nSPS) is 11.4. The van der Waals surface area contributed by atoms with Crippen LogP contribution in [0, 0.1) is 0 Å². The average molecular weight is 380 g/mol. The van der Waals surface area contributed by atoms with E-state index >= 15 is 0 Å². The highest BCUT2D eigenvalue weighted by Crippen LogP contribution is 2.33. The van der Waals surface area contributed by atoms with Crippen molar-refractivity contribution in [3.63, 3.8) is 0 Å². The van der Waals surface area contributed by atoms with Crippen molar-refractivity contribution in [1.29, 1.82) is 0 Å². The maximum atomic E-state index is 13.1. The molecule has 0 saturated carbocycles. The number of carboxylic acid groups (broad SMARTS) is 1. The first-order chi connectivity index (χ1) is 11.1. The van der Waals surface area contributed by atoms with Gasteiger partial charge in [-0.2, -0.15) is 13.2 Å². The highest BCUT2D eigenvalue weighted by atomic mass is 35.5. The minimum absolute atomic E-state index is 0.0527. The number of alkyl halides is 3. The molecule has 1 aromatic carbocycles. The number of anilines is 1. The third-order valence-electron chi connectivity index (χ3n) is 2.93. The summed E-state index contributed by atoms with van der Waals surface area (Å²) in [4.78, 5) is 19.1. The van der Waals surface area contributed by atoms with Gasteiger partial charge >= 0.3 is 12.1 Å². The molecule has 5 nitrogen and oxygen atoms in total. The minimum atomic E-state index is -4.72. The Morgan fingerprint density at radius 2 is 1.88 bits per heavy atom. The Bertz CT molecular complexity index is 784. The number of benzene rings is 1. The van der Waals surface area contributed by atoms with E-state index in [-0.39, 0.29) is 21.7 Å². The Hall–Kier alpha value is -2.06. The fourth-order valence-electron chi connectivity index (χ4n) is 1.83. The summed E-state index contributed by atoms with van der Waals surface area (Å²) in [7, 11) is 1.28. The summed E-state index contributed by atoms with van der Waals surface area (Å²) in [5, 5.41) is 9.17. The fraction of sp³-hybridized carbons (Fsp3) is 0.214. The number of carbonyl (C=O) groups is 1. The van der Waals surface area contributed by atoms with Crippen molar-refractivity contribution in [2.45, 2.75) is 6.18 Å². The number of likely N-dealkylation sites (N-methyl/N-ethyl adjacent to an activating group) is 1. The van der Waals surface area contributed by atoms with E-state index in [1.807, 2.05) is 0 Å². The first-order valence-electron chi connectivity index (χ1n) is 6.42. The van der Waals surface area contributed by atoms with Gasteiger partial charge in [-0.15, -0.1) is 0 Å². The van der Waals surface area contributed by atoms with Crippen molar-refractivity contribution < 1.29 is 23.1 Å². The van der Waals surface area contributed by atoms with E-state index in [2.05, 4.69) is 9.97 Å². The van der Waals surface area contributed by atoms with Gasteiger partial charge in [-0.3, -0.25) is 4.79 Å². The van der Waals surface area contributed by atoms with Crippen LogP contribution in [0.1, 0.15) is 5.69 Å². The van der Waals surface area contributed by atoms with Gasteiger partial charge in [0.05, 0.1) is 15.7 Å². The lowest BCUT2D eigenvalue weighted by atomic mass is 10.1. The lowest BCUT2D eigenvalue weighted by molar-refractivity contribution is -0.141. The van der Waals surface area contributed by atoms with E-state index in [0.29, 0.717) is 5.56 Å². The van der Waals surface area contributed by atoms with Gasteiger partial charge in [0.1, 0.15) is 6.54 Å². The van der Waals surface area contributed by atoms with Gasteiger partial charge in [-0.05, 0) is 18.2 Å². The zero-order valence-corrected chi connectivity index (χ0v) is 13.6. The summed E-state index contributed by atoms with van der Waals surface area (Å²) in [5.41, 5.74) is -0.948. The van der Waals surface area contributed by atoms with Crippen LogP contribution in [0.3, 0.4) is 0 Å². The molecular formula is C14H10Cl2F3N3O2. The fourth-order valence-corrected chi connectivity index (χ4v) is 2.13. The molecule has 1 aromatic heterocycles. The number of carboxylic acids is 1. The second-order valence-electron chi connectivity index (χ2n) is 4.81.